The van der Waals surface area contributed by atoms with Gasteiger partial charge in [-0.15, -0.1) is 0 Å². The summed E-state index contributed by atoms with van der Waals surface area (Å²) in [5, 5.41) is -0.617. The number of carbonyl (C=O) groups excluding carboxylic acids is 1. The molecule has 5 nitrogen and oxygen atoms in total. The normalized spacial score (nSPS) is 14.2. The van der Waals surface area contributed by atoms with Gasteiger partial charge in [0, 0.05) is 6.54 Å². The van der Waals surface area contributed by atoms with E-state index in [4.69, 9.17) is 5.73 Å². The molecule has 0 saturated heterocycles. The summed E-state index contributed by atoms with van der Waals surface area (Å²) >= 11 is 0. The van der Waals surface area contributed by atoms with Crippen molar-refractivity contribution in [2.24, 2.45) is 17.6 Å². The molecule has 0 spiro atoms. The lowest BCUT2D eigenvalue weighted by atomic mass is 9.97. The Morgan fingerprint density at radius 2 is 1.75 bits per heavy atom. The minimum atomic E-state index is -3.54. The molecule has 3 N–H and O–H groups in total. The molecule has 96 valence electrons. The average Bonchev–Trinajstić information content (AvgIpc) is 2.12. The Morgan fingerprint density at radius 1 is 1.25 bits per heavy atom. The van der Waals surface area contributed by atoms with Crippen LogP contribution in [0.15, 0.2) is 0 Å². The highest BCUT2D eigenvalue weighted by atomic mass is 32.2. The second-order valence-electron chi connectivity index (χ2n) is 4.62. The molecule has 0 rings (SSSR count). The van der Waals surface area contributed by atoms with Gasteiger partial charge in [-0.2, -0.15) is 0 Å². The minimum absolute atomic E-state index is 0.164. The highest BCUT2D eigenvalue weighted by Crippen LogP contribution is 2.11. The van der Waals surface area contributed by atoms with E-state index in [1.807, 2.05) is 13.8 Å². The van der Waals surface area contributed by atoms with Crippen LogP contribution in [0.4, 0.5) is 0 Å². The van der Waals surface area contributed by atoms with E-state index >= 15 is 0 Å². The summed E-state index contributed by atoms with van der Waals surface area (Å²) in [6.07, 6.45) is 0.593. The summed E-state index contributed by atoms with van der Waals surface area (Å²) in [5.74, 6) is -0.625. The van der Waals surface area contributed by atoms with Crippen LogP contribution in [0.3, 0.4) is 0 Å². The van der Waals surface area contributed by atoms with Crippen molar-refractivity contribution in [3.8, 4) is 0 Å². The number of rotatable bonds is 6. The lowest BCUT2D eigenvalue weighted by molar-refractivity contribution is -0.123. The Balaban J connectivity index is 4.55. The zero-order valence-electron chi connectivity index (χ0n) is 10.4. The van der Waals surface area contributed by atoms with Gasteiger partial charge in [0.15, 0.2) is 0 Å². The van der Waals surface area contributed by atoms with Crippen LogP contribution < -0.4 is 10.5 Å². The third kappa shape index (κ3) is 4.94. The molecule has 6 heteroatoms. The van der Waals surface area contributed by atoms with Gasteiger partial charge < -0.3 is 5.73 Å². The maximum atomic E-state index is 11.7. The van der Waals surface area contributed by atoms with E-state index in [1.54, 1.807) is 0 Å². The van der Waals surface area contributed by atoms with Gasteiger partial charge in [-0.1, -0.05) is 13.8 Å². The lowest BCUT2D eigenvalue weighted by Gasteiger charge is -2.17. The number of nitrogens with two attached hydrogens (primary N) is 1. The molecule has 0 heterocycles. The summed E-state index contributed by atoms with van der Waals surface area (Å²) in [7, 11) is -3.54. The minimum Gasteiger partial charge on any atom is -0.330 e. The molecule has 0 aromatic rings. The van der Waals surface area contributed by atoms with E-state index in [0.717, 1.165) is 0 Å². The van der Waals surface area contributed by atoms with E-state index < -0.39 is 27.1 Å². The van der Waals surface area contributed by atoms with Crippen molar-refractivity contribution in [3.63, 3.8) is 0 Å². The number of hydrogen-bond donors (Lipinski definition) is 2. The van der Waals surface area contributed by atoms with Gasteiger partial charge in [0.1, 0.15) is 0 Å². The number of nitrogens with one attached hydrogen (secondary N) is 1. The molecule has 0 bridgehead atoms. The lowest BCUT2D eigenvalue weighted by Crippen LogP contribution is -2.42. The maximum Gasteiger partial charge on any atom is 0.237 e. The highest BCUT2D eigenvalue weighted by molar-refractivity contribution is 7.90. The van der Waals surface area contributed by atoms with Gasteiger partial charge in [-0.25, -0.2) is 8.42 Å². The smallest absolute Gasteiger partial charge is 0.237 e. The molecule has 0 saturated carbocycles. The third-order valence-corrected chi connectivity index (χ3v) is 4.00. The Hall–Kier alpha value is -0.620. The monoisotopic (exact) mass is 250 g/mol. The van der Waals surface area contributed by atoms with Crippen LogP contribution in [-0.2, 0) is 14.8 Å². The first-order valence-electron chi connectivity index (χ1n) is 5.46. The summed E-state index contributed by atoms with van der Waals surface area (Å²) in [6, 6.07) is 0. The predicted octanol–water partition coefficient (Wildman–Crippen LogP) is 0.462. The van der Waals surface area contributed by atoms with E-state index in [2.05, 4.69) is 4.72 Å². The molecular weight excluding hydrogens is 228 g/mol. The van der Waals surface area contributed by atoms with Gasteiger partial charge in [0.25, 0.3) is 0 Å². The Labute approximate surface area is 97.8 Å². The fraction of sp³-hybridized carbons (Fsp3) is 0.900. The molecule has 0 aromatic carbocycles. The van der Waals surface area contributed by atoms with Crippen LogP contribution in [-0.4, -0.2) is 26.1 Å². The van der Waals surface area contributed by atoms with Crippen molar-refractivity contribution in [1.29, 1.82) is 0 Å². The van der Waals surface area contributed by atoms with Crippen molar-refractivity contribution in [1.82, 2.24) is 4.72 Å². The number of hydrogen-bond acceptors (Lipinski definition) is 4. The fourth-order valence-corrected chi connectivity index (χ4v) is 1.90. The molecule has 16 heavy (non-hydrogen) atoms. The van der Waals surface area contributed by atoms with E-state index in [1.165, 1.54) is 13.8 Å². The Bertz CT molecular complexity index is 323. The largest absolute Gasteiger partial charge is 0.330 e. The first kappa shape index (κ1) is 15.4. The molecule has 0 aliphatic heterocycles. The molecule has 0 radical (unpaired) electrons. The maximum absolute atomic E-state index is 11.7. The second kappa shape index (κ2) is 6.20. The van der Waals surface area contributed by atoms with Gasteiger partial charge >= 0.3 is 0 Å². The van der Waals surface area contributed by atoms with Crippen molar-refractivity contribution in [3.05, 3.63) is 0 Å². The first-order chi connectivity index (χ1) is 7.20. The van der Waals surface area contributed by atoms with Crippen molar-refractivity contribution >= 4 is 15.9 Å². The number of amides is 1. The second-order valence-corrected chi connectivity index (χ2v) is 6.86. The molecular formula is C10H22N2O3S. The van der Waals surface area contributed by atoms with E-state index in [-0.39, 0.29) is 6.54 Å². The van der Waals surface area contributed by atoms with Crippen LogP contribution >= 0.6 is 0 Å². The predicted molar refractivity (Wildman–Crippen MR) is 64.2 cm³/mol. The standard InChI is InChI=1S/C10H22N2O3S/c1-7(2)5-9(6-11)10(13)12-16(14,15)8(3)4/h7-9H,5-6,11H2,1-4H3,(H,12,13). The topological polar surface area (TPSA) is 89.3 Å². The molecule has 0 aliphatic carbocycles. The molecule has 1 unspecified atom stereocenters. The Morgan fingerprint density at radius 3 is 2.06 bits per heavy atom. The highest BCUT2D eigenvalue weighted by Gasteiger charge is 2.24. The fourth-order valence-electron chi connectivity index (χ4n) is 1.22. The zero-order valence-corrected chi connectivity index (χ0v) is 11.2. The van der Waals surface area contributed by atoms with E-state index in [9.17, 15) is 13.2 Å². The number of carbonyl (C=O) groups is 1. The molecule has 1 atom stereocenters. The third-order valence-electron chi connectivity index (χ3n) is 2.27. The summed E-state index contributed by atoms with van der Waals surface area (Å²) in [5.41, 5.74) is 5.46. The molecule has 0 fully saturated rings. The quantitative estimate of drug-likeness (QED) is 0.716. The van der Waals surface area contributed by atoms with Crippen molar-refractivity contribution < 1.29 is 13.2 Å². The zero-order chi connectivity index (χ0) is 12.9. The van der Waals surface area contributed by atoms with Crippen molar-refractivity contribution in [2.75, 3.05) is 6.54 Å². The first-order valence-corrected chi connectivity index (χ1v) is 7.00. The summed E-state index contributed by atoms with van der Waals surface area (Å²) in [4.78, 5) is 11.7. The van der Waals surface area contributed by atoms with Crippen LogP contribution in [0, 0.1) is 11.8 Å². The molecule has 1 amide bonds. The Kier molecular flexibility index (Phi) is 5.96. The van der Waals surface area contributed by atoms with Crippen LogP contribution in [0.5, 0.6) is 0 Å². The van der Waals surface area contributed by atoms with Crippen LogP contribution in [0.2, 0.25) is 0 Å². The van der Waals surface area contributed by atoms with Crippen LogP contribution in [0.1, 0.15) is 34.1 Å². The number of sulfonamides is 1. The molecule has 0 aromatic heterocycles. The van der Waals surface area contributed by atoms with Crippen LogP contribution in [0.25, 0.3) is 0 Å². The SMILES string of the molecule is CC(C)CC(CN)C(=O)NS(=O)(=O)C(C)C. The van der Waals surface area contributed by atoms with Gasteiger partial charge in [0.2, 0.25) is 15.9 Å². The van der Waals surface area contributed by atoms with Gasteiger partial charge in [0.05, 0.1) is 11.2 Å². The van der Waals surface area contributed by atoms with E-state index in [0.29, 0.717) is 12.3 Å². The summed E-state index contributed by atoms with van der Waals surface area (Å²) < 4.78 is 25.0. The van der Waals surface area contributed by atoms with Gasteiger partial charge in [-0.05, 0) is 26.2 Å². The van der Waals surface area contributed by atoms with Crippen molar-refractivity contribution in [2.45, 2.75) is 39.4 Å². The van der Waals surface area contributed by atoms with Gasteiger partial charge in [-0.3, -0.25) is 9.52 Å². The average molecular weight is 250 g/mol. The summed E-state index contributed by atoms with van der Waals surface area (Å²) in [6.45, 7) is 7.14. The molecule has 0 aliphatic rings.